The summed E-state index contributed by atoms with van der Waals surface area (Å²) in [5, 5.41) is 1.31. The van der Waals surface area contributed by atoms with Crippen LogP contribution in [-0.4, -0.2) is 20.1 Å². The van der Waals surface area contributed by atoms with Crippen LogP contribution in [0.15, 0.2) is 36.5 Å². The SMILES string of the molecule is C=C[Si](CC)(CC)c1ccc(C(=O)OOC(C)CCCCCC)cc1. The Kier molecular flexibility index (Phi) is 9.76. The summed E-state index contributed by atoms with van der Waals surface area (Å²) in [6.07, 6.45) is 5.59. The summed E-state index contributed by atoms with van der Waals surface area (Å²) in [5.74, 6) is -0.425. The van der Waals surface area contributed by atoms with Crippen LogP contribution in [-0.2, 0) is 9.78 Å². The van der Waals surface area contributed by atoms with E-state index in [1.807, 2.05) is 31.2 Å². The van der Waals surface area contributed by atoms with Crippen LogP contribution in [0.25, 0.3) is 0 Å². The van der Waals surface area contributed by atoms with E-state index in [1.165, 1.54) is 24.4 Å². The Bertz CT molecular complexity index is 520. The summed E-state index contributed by atoms with van der Waals surface area (Å²) in [6.45, 7) is 12.6. The molecule has 140 valence electrons. The lowest BCUT2D eigenvalue weighted by Gasteiger charge is -2.25. The van der Waals surface area contributed by atoms with Crippen molar-refractivity contribution in [3.05, 3.63) is 42.1 Å². The van der Waals surface area contributed by atoms with Gasteiger partial charge in [0.2, 0.25) is 0 Å². The van der Waals surface area contributed by atoms with Gasteiger partial charge in [-0.05, 0) is 25.5 Å². The standard InChI is InChI=1S/C21H34O3Si/c1-6-10-11-12-13-18(5)23-24-21(22)19-14-16-20(17-15-19)25(7-2,8-3)9-4/h7,14-18H,2,6,8-13H2,1,3-5H3. The Hall–Kier alpha value is -1.39. The molecule has 0 N–H and O–H groups in total. The minimum atomic E-state index is -1.63. The van der Waals surface area contributed by atoms with E-state index in [-0.39, 0.29) is 6.10 Å². The molecule has 0 aliphatic heterocycles. The van der Waals surface area contributed by atoms with Gasteiger partial charge in [-0.25, -0.2) is 4.79 Å². The summed E-state index contributed by atoms with van der Waals surface area (Å²) in [7, 11) is -1.63. The third-order valence-corrected chi connectivity index (χ3v) is 9.89. The lowest BCUT2D eigenvalue weighted by molar-refractivity contribution is -0.271. The first-order valence-corrected chi connectivity index (χ1v) is 12.1. The van der Waals surface area contributed by atoms with Gasteiger partial charge in [-0.1, -0.05) is 81.6 Å². The molecule has 0 aliphatic rings. The minimum absolute atomic E-state index is 0.0684. The molecule has 0 bridgehead atoms. The van der Waals surface area contributed by atoms with Crippen molar-refractivity contribution in [2.24, 2.45) is 0 Å². The summed E-state index contributed by atoms with van der Waals surface area (Å²) in [4.78, 5) is 22.4. The Morgan fingerprint density at radius 1 is 1.12 bits per heavy atom. The van der Waals surface area contributed by atoms with Crippen LogP contribution in [0.5, 0.6) is 0 Å². The maximum Gasteiger partial charge on any atom is 0.373 e. The molecule has 1 aromatic carbocycles. The van der Waals surface area contributed by atoms with E-state index in [4.69, 9.17) is 9.78 Å². The lowest BCUT2D eigenvalue weighted by atomic mass is 10.1. The second kappa shape index (κ2) is 11.3. The number of carbonyl (C=O) groups is 1. The van der Waals surface area contributed by atoms with E-state index in [0.717, 1.165) is 24.9 Å². The van der Waals surface area contributed by atoms with Gasteiger partial charge >= 0.3 is 5.97 Å². The topological polar surface area (TPSA) is 35.5 Å². The summed E-state index contributed by atoms with van der Waals surface area (Å²) in [6, 6.07) is 10.0. The van der Waals surface area contributed by atoms with Gasteiger partial charge in [0.1, 0.15) is 14.2 Å². The molecule has 0 heterocycles. The number of benzene rings is 1. The van der Waals surface area contributed by atoms with Gasteiger partial charge in [0.05, 0.1) is 5.56 Å². The first-order chi connectivity index (χ1) is 12.0. The number of hydrogen-bond donors (Lipinski definition) is 0. The highest BCUT2D eigenvalue weighted by atomic mass is 28.3. The first-order valence-electron chi connectivity index (χ1n) is 9.64. The minimum Gasteiger partial charge on any atom is -0.293 e. The summed E-state index contributed by atoms with van der Waals surface area (Å²) < 4.78 is 0. The van der Waals surface area contributed by atoms with Gasteiger partial charge in [-0.2, -0.15) is 4.89 Å². The molecule has 0 radical (unpaired) electrons. The van der Waals surface area contributed by atoms with Crippen molar-refractivity contribution in [1.82, 2.24) is 0 Å². The molecule has 1 atom stereocenters. The smallest absolute Gasteiger partial charge is 0.293 e. The van der Waals surface area contributed by atoms with Crippen molar-refractivity contribution in [3.63, 3.8) is 0 Å². The van der Waals surface area contributed by atoms with Crippen LogP contribution in [0, 0.1) is 0 Å². The van der Waals surface area contributed by atoms with Crippen molar-refractivity contribution in [2.45, 2.75) is 78.0 Å². The van der Waals surface area contributed by atoms with E-state index in [0.29, 0.717) is 5.56 Å². The molecule has 0 spiro atoms. The average Bonchev–Trinajstić information content (AvgIpc) is 2.65. The van der Waals surface area contributed by atoms with Crippen LogP contribution in [0.4, 0.5) is 0 Å². The third-order valence-electron chi connectivity index (χ3n) is 5.10. The van der Waals surface area contributed by atoms with Gasteiger partial charge in [0, 0.05) is 0 Å². The molecule has 25 heavy (non-hydrogen) atoms. The molecule has 0 aliphatic carbocycles. The van der Waals surface area contributed by atoms with Crippen molar-refractivity contribution in [2.75, 3.05) is 0 Å². The summed E-state index contributed by atoms with van der Waals surface area (Å²) >= 11 is 0. The second-order valence-electron chi connectivity index (χ2n) is 6.77. The second-order valence-corrected chi connectivity index (χ2v) is 11.5. The molecule has 3 nitrogen and oxygen atoms in total. The highest BCUT2D eigenvalue weighted by Crippen LogP contribution is 2.17. The zero-order valence-electron chi connectivity index (χ0n) is 16.3. The summed E-state index contributed by atoms with van der Waals surface area (Å²) in [5.41, 5.74) is 2.67. The molecule has 0 aromatic heterocycles. The van der Waals surface area contributed by atoms with E-state index < -0.39 is 14.0 Å². The van der Waals surface area contributed by atoms with Crippen LogP contribution >= 0.6 is 0 Å². The van der Waals surface area contributed by atoms with Crippen LogP contribution in [0.3, 0.4) is 0 Å². The number of hydrogen-bond acceptors (Lipinski definition) is 3. The first kappa shape index (κ1) is 21.6. The van der Waals surface area contributed by atoms with Crippen LogP contribution in [0.1, 0.15) is 70.2 Å². The van der Waals surface area contributed by atoms with E-state index in [2.05, 4.69) is 33.0 Å². The van der Waals surface area contributed by atoms with Gasteiger partial charge in [0.15, 0.2) is 0 Å². The Labute approximate surface area is 154 Å². The van der Waals surface area contributed by atoms with E-state index in [9.17, 15) is 4.79 Å². The molecule has 1 aromatic rings. The fourth-order valence-corrected chi connectivity index (χ4v) is 6.04. The van der Waals surface area contributed by atoms with Gasteiger partial charge in [-0.3, -0.25) is 4.89 Å². The zero-order chi connectivity index (χ0) is 18.7. The molecular formula is C21H34O3Si. The number of carbonyl (C=O) groups excluding carboxylic acids is 1. The molecule has 4 heteroatoms. The largest absolute Gasteiger partial charge is 0.373 e. The van der Waals surface area contributed by atoms with Crippen molar-refractivity contribution in [1.29, 1.82) is 0 Å². The highest BCUT2D eigenvalue weighted by molar-refractivity contribution is 6.95. The monoisotopic (exact) mass is 362 g/mol. The maximum atomic E-state index is 12.1. The normalized spacial score (nSPS) is 12.6. The molecule has 1 rings (SSSR count). The molecule has 0 amide bonds. The van der Waals surface area contributed by atoms with Crippen molar-refractivity contribution < 1.29 is 14.6 Å². The van der Waals surface area contributed by atoms with Gasteiger partial charge < -0.3 is 0 Å². The van der Waals surface area contributed by atoms with Crippen LogP contribution < -0.4 is 5.19 Å². The third kappa shape index (κ3) is 6.44. The number of unbranched alkanes of at least 4 members (excludes halogenated alkanes) is 3. The molecule has 0 fully saturated rings. The molecule has 0 saturated heterocycles. The molecule has 1 unspecified atom stereocenters. The van der Waals surface area contributed by atoms with Crippen molar-refractivity contribution in [3.8, 4) is 0 Å². The van der Waals surface area contributed by atoms with Crippen molar-refractivity contribution >= 4 is 19.2 Å². The van der Waals surface area contributed by atoms with E-state index >= 15 is 0 Å². The lowest BCUT2D eigenvalue weighted by Crippen LogP contribution is -2.44. The average molecular weight is 363 g/mol. The Balaban J connectivity index is 2.55. The molecule has 0 saturated carbocycles. The maximum absolute atomic E-state index is 12.1. The molecular weight excluding hydrogens is 328 g/mol. The predicted octanol–water partition coefficient (Wildman–Crippen LogP) is 5.55. The predicted molar refractivity (Wildman–Crippen MR) is 108 cm³/mol. The fraction of sp³-hybridized carbons (Fsp3) is 0.571. The fourth-order valence-electron chi connectivity index (χ4n) is 3.08. The Morgan fingerprint density at radius 3 is 2.28 bits per heavy atom. The van der Waals surface area contributed by atoms with Gasteiger partial charge in [-0.15, -0.1) is 6.58 Å². The highest BCUT2D eigenvalue weighted by Gasteiger charge is 2.27. The van der Waals surface area contributed by atoms with Gasteiger partial charge in [0.25, 0.3) is 0 Å². The Morgan fingerprint density at radius 2 is 1.76 bits per heavy atom. The van der Waals surface area contributed by atoms with E-state index in [1.54, 1.807) is 0 Å². The zero-order valence-corrected chi connectivity index (χ0v) is 17.3. The number of rotatable bonds is 12. The van der Waals surface area contributed by atoms with Crippen LogP contribution in [0.2, 0.25) is 12.1 Å². The quantitative estimate of drug-likeness (QED) is 0.211.